The molecule has 0 saturated heterocycles. The number of Topliss-reactive ketones (excluding diaryl/α,β-unsaturated/α-hetero) is 2. The highest BCUT2D eigenvalue weighted by molar-refractivity contribution is 6.02. The molecule has 0 amide bonds. The number of ketones is 3. The van der Waals surface area contributed by atoms with Gasteiger partial charge in [0.05, 0.1) is 17.1 Å². The third kappa shape index (κ3) is 3.66. The number of halogens is 1. The molecule has 8 nitrogen and oxygen atoms in total. The molecule has 202 valence electrons. The number of carbonyl (C=O) groups excluding carboxylic acids is 3. The molecular formula is C29H32FNO7. The van der Waals surface area contributed by atoms with Crippen LogP contribution in [0.25, 0.3) is 0 Å². The van der Waals surface area contributed by atoms with Crippen LogP contribution >= 0.6 is 0 Å². The van der Waals surface area contributed by atoms with Crippen LogP contribution in [-0.4, -0.2) is 45.8 Å². The van der Waals surface area contributed by atoms with Crippen molar-refractivity contribution in [1.29, 1.82) is 0 Å². The molecule has 9 heteroatoms. The zero-order valence-electron chi connectivity index (χ0n) is 21.7. The fourth-order valence-corrected chi connectivity index (χ4v) is 8.10. The third-order valence-corrected chi connectivity index (χ3v) is 9.86. The molecule has 4 aliphatic rings. The van der Waals surface area contributed by atoms with Crippen LogP contribution in [0.1, 0.15) is 45.6 Å². The predicted molar refractivity (Wildman–Crippen MR) is 135 cm³/mol. The Morgan fingerprint density at radius 3 is 2.66 bits per heavy atom. The normalized spacial score (nSPS) is 39.7. The number of alkyl halides is 1. The average molecular weight is 526 g/mol. The number of rotatable bonds is 6. The van der Waals surface area contributed by atoms with Crippen molar-refractivity contribution in [2.24, 2.45) is 34.5 Å². The fraction of sp³-hybridized carbons (Fsp3) is 0.552. The number of ether oxygens (including phenoxy) is 1. The Bertz CT molecular complexity index is 1290. The Labute approximate surface area is 220 Å². The topological polar surface area (TPSA) is 124 Å². The molecule has 3 saturated carbocycles. The summed E-state index contributed by atoms with van der Waals surface area (Å²) in [6.07, 6.45) is 3.36. The van der Waals surface area contributed by atoms with Gasteiger partial charge in [0, 0.05) is 29.2 Å². The van der Waals surface area contributed by atoms with E-state index in [2.05, 4.69) is 0 Å². The Hall–Kier alpha value is -3.04. The van der Waals surface area contributed by atoms with E-state index in [-0.39, 0.29) is 54.1 Å². The second-order valence-corrected chi connectivity index (χ2v) is 11.8. The molecular weight excluding hydrogens is 493 g/mol. The Morgan fingerprint density at radius 1 is 1.24 bits per heavy atom. The van der Waals surface area contributed by atoms with E-state index in [4.69, 9.17) is 4.74 Å². The zero-order valence-corrected chi connectivity index (χ0v) is 21.7. The van der Waals surface area contributed by atoms with Gasteiger partial charge >= 0.3 is 0 Å². The summed E-state index contributed by atoms with van der Waals surface area (Å²) in [5.74, 6) is -2.28. The smallest absolute Gasteiger partial charge is 0.274 e. The first kappa shape index (κ1) is 26.6. The van der Waals surface area contributed by atoms with Crippen molar-refractivity contribution in [3.05, 3.63) is 63.7 Å². The van der Waals surface area contributed by atoms with Gasteiger partial charge in [-0.05, 0) is 48.8 Å². The minimum atomic E-state index is -2.42. The molecule has 0 bridgehead atoms. The van der Waals surface area contributed by atoms with Gasteiger partial charge < -0.3 is 9.84 Å². The summed E-state index contributed by atoms with van der Waals surface area (Å²) in [6, 6.07) is 5.95. The number of carbonyl (C=O) groups is 3. The monoisotopic (exact) mass is 525 g/mol. The van der Waals surface area contributed by atoms with Crippen LogP contribution in [0, 0.1) is 44.6 Å². The maximum atomic E-state index is 15.8. The number of para-hydroxylation sites is 1. The number of aliphatic hydroxyl groups is 1. The summed E-state index contributed by atoms with van der Waals surface area (Å²) in [5, 5.41) is 22.9. The van der Waals surface area contributed by atoms with Gasteiger partial charge in [0.25, 0.3) is 5.69 Å². The quantitative estimate of drug-likeness (QED) is 0.438. The van der Waals surface area contributed by atoms with E-state index in [1.54, 1.807) is 25.1 Å². The maximum Gasteiger partial charge on any atom is 0.274 e. The fourth-order valence-electron chi connectivity index (χ4n) is 8.10. The molecule has 0 radical (unpaired) electrons. The van der Waals surface area contributed by atoms with Crippen LogP contribution in [-0.2, 0) is 25.7 Å². The Morgan fingerprint density at radius 2 is 1.95 bits per heavy atom. The first-order valence-corrected chi connectivity index (χ1v) is 13.0. The van der Waals surface area contributed by atoms with Crippen LogP contribution in [0.4, 0.5) is 10.1 Å². The molecule has 1 N–H and O–H groups in total. The summed E-state index contributed by atoms with van der Waals surface area (Å²) in [6.45, 7) is 4.68. The number of hydrogen-bond donors (Lipinski definition) is 1. The first-order valence-electron chi connectivity index (χ1n) is 13.0. The highest BCUT2D eigenvalue weighted by Crippen LogP contribution is 2.67. The number of nitro benzene ring substituents is 1. The molecule has 1 aromatic carbocycles. The predicted octanol–water partition coefficient (Wildman–Crippen LogP) is 4.09. The van der Waals surface area contributed by atoms with Gasteiger partial charge in [-0.1, -0.05) is 44.6 Å². The van der Waals surface area contributed by atoms with Crippen molar-refractivity contribution >= 4 is 23.0 Å². The summed E-state index contributed by atoms with van der Waals surface area (Å²) in [5.41, 5.74) is -3.40. The van der Waals surface area contributed by atoms with Gasteiger partial charge in [-0.2, -0.15) is 0 Å². The van der Waals surface area contributed by atoms with Crippen LogP contribution in [0.2, 0.25) is 0 Å². The van der Waals surface area contributed by atoms with E-state index in [0.717, 1.165) is 5.57 Å². The zero-order chi connectivity index (χ0) is 27.6. The molecule has 0 heterocycles. The molecule has 5 rings (SSSR count). The summed E-state index contributed by atoms with van der Waals surface area (Å²) >= 11 is 0. The highest BCUT2D eigenvalue weighted by atomic mass is 19.1. The lowest BCUT2D eigenvalue weighted by molar-refractivity contribution is -0.385. The molecule has 0 aliphatic heterocycles. The standard InChI is InChI=1S/C29H32FNO7/c1-16-10-19-21-12-24(30)29(35,25(34)15-38-14-17-6-4-5-7-22(17)31(36)37)28(21,3)13-23(33)26(19)27(2)9-8-18(32)11-20(16)27/h4-9,11,16,19,21,24,26,35H,10,12-15H2,1-3H3/t16-,19-,21-,24?,26+,27-,28-,29-/m0/s1. The van der Waals surface area contributed by atoms with Gasteiger partial charge in [0.2, 0.25) is 0 Å². The maximum absolute atomic E-state index is 15.8. The van der Waals surface area contributed by atoms with Crippen molar-refractivity contribution in [2.45, 2.75) is 58.4 Å². The van der Waals surface area contributed by atoms with Crippen molar-refractivity contribution in [3.8, 4) is 0 Å². The van der Waals surface area contributed by atoms with E-state index >= 15 is 4.39 Å². The number of allylic oxidation sites excluding steroid dienone is 4. The molecule has 8 atom stereocenters. The number of fused-ring (bicyclic) bond motifs is 5. The van der Waals surface area contributed by atoms with Crippen LogP contribution in [0.3, 0.4) is 0 Å². The highest BCUT2D eigenvalue weighted by Gasteiger charge is 2.72. The second kappa shape index (κ2) is 9.02. The van der Waals surface area contributed by atoms with Crippen molar-refractivity contribution in [3.63, 3.8) is 0 Å². The van der Waals surface area contributed by atoms with E-state index < -0.39 is 51.8 Å². The van der Waals surface area contributed by atoms with E-state index in [1.165, 1.54) is 24.3 Å². The van der Waals surface area contributed by atoms with Gasteiger partial charge in [0.1, 0.15) is 18.6 Å². The van der Waals surface area contributed by atoms with Gasteiger partial charge in [-0.15, -0.1) is 0 Å². The van der Waals surface area contributed by atoms with Crippen molar-refractivity contribution in [1.82, 2.24) is 0 Å². The molecule has 1 unspecified atom stereocenters. The Balaban J connectivity index is 1.40. The molecule has 4 aliphatic carbocycles. The largest absolute Gasteiger partial charge is 0.378 e. The minimum Gasteiger partial charge on any atom is -0.378 e. The lowest BCUT2D eigenvalue weighted by atomic mass is 9.45. The number of benzene rings is 1. The molecule has 1 aromatic rings. The minimum absolute atomic E-state index is 0.0160. The van der Waals surface area contributed by atoms with Crippen molar-refractivity contribution < 1.29 is 33.5 Å². The van der Waals surface area contributed by atoms with Crippen LogP contribution in [0.15, 0.2) is 48.1 Å². The average Bonchev–Trinajstić information content (AvgIpc) is 3.06. The third-order valence-electron chi connectivity index (χ3n) is 9.86. The van der Waals surface area contributed by atoms with Gasteiger partial charge in [-0.3, -0.25) is 24.5 Å². The number of nitro groups is 1. The van der Waals surface area contributed by atoms with Gasteiger partial charge in [0.15, 0.2) is 17.2 Å². The van der Waals surface area contributed by atoms with E-state index in [9.17, 15) is 29.6 Å². The van der Waals surface area contributed by atoms with Crippen molar-refractivity contribution in [2.75, 3.05) is 6.61 Å². The molecule has 3 fully saturated rings. The summed E-state index contributed by atoms with van der Waals surface area (Å²) in [7, 11) is 0. The van der Waals surface area contributed by atoms with Gasteiger partial charge in [-0.25, -0.2) is 4.39 Å². The second-order valence-electron chi connectivity index (χ2n) is 11.8. The first-order chi connectivity index (χ1) is 17.8. The summed E-state index contributed by atoms with van der Waals surface area (Å²) < 4.78 is 21.2. The lowest BCUT2D eigenvalue weighted by Crippen LogP contribution is -2.63. The SMILES string of the molecule is C[C@H]1C[C@@H]2[C@H](C(=O)C[C@@]3(C)[C@H]2CC(F)[C@]3(O)C(=O)COCc2ccccc2[N+](=O)[O-])[C@@]2(C)C=CC(=O)C=C12. The Kier molecular flexibility index (Phi) is 6.30. The number of nitrogens with zero attached hydrogens (tertiary/aromatic N) is 1. The van der Waals surface area contributed by atoms with Crippen LogP contribution < -0.4 is 0 Å². The number of hydrogen-bond acceptors (Lipinski definition) is 7. The van der Waals surface area contributed by atoms with E-state index in [0.29, 0.717) is 6.42 Å². The summed E-state index contributed by atoms with van der Waals surface area (Å²) in [4.78, 5) is 49.9. The molecule has 38 heavy (non-hydrogen) atoms. The van der Waals surface area contributed by atoms with E-state index in [1.807, 2.05) is 13.8 Å². The molecule has 0 aromatic heterocycles. The lowest BCUT2D eigenvalue weighted by Gasteiger charge is -2.58. The molecule has 0 spiro atoms. The van der Waals surface area contributed by atoms with Crippen LogP contribution in [0.5, 0.6) is 0 Å².